The molecule has 0 spiro atoms. The Labute approximate surface area is 198 Å². The van der Waals surface area contributed by atoms with Crippen molar-refractivity contribution in [2.45, 2.75) is 35.9 Å². The number of fused-ring (bicyclic) bond motifs is 1. The van der Waals surface area contributed by atoms with Crippen LogP contribution in [-0.4, -0.2) is 25.9 Å². The molecule has 178 valence electrons. The Kier molecular flexibility index (Phi) is 6.61. The zero-order valence-corrected chi connectivity index (χ0v) is 19.8. The van der Waals surface area contributed by atoms with E-state index < -0.39 is 25.1 Å². The van der Waals surface area contributed by atoms with Crippen molar-refractivity contribution in [3.63, 3.8) is 0 Å². The highest BCUT2D eigenvalue weighted by Gasteiger charge is 2.21. The van der Waals surface area contributed by atoms with Crippen molar-refractivity contribution in [2.75, 3.05) is 0 Å². The van der Waals surface area contributed by atoms with Crippen LogP contribution in [0, 0.1) is 0 Å². The normalized spacial score (nSPS) is 14.8. The van der Waals surface area contributed by atoms with Crippen LogP contribution in [0.5, 0.6) is 5.75 Å². The summed E-state index contributed by atoms with van der Waals surface area (Å²) < 4.78 is 72.5. The van der Waals surface area contributed by atoms with Gasteiger partial charge < -0.3 is 10.1 Å². The van der Waals surface area contributed by atoms with E-state index in [-0.39, 0.29) is 27.9 Å². The lowest BCUT2D eigenvalue weighted by atomic mass is 10.00. The average molecular weight is 502 g/mol. The van der Waals surface area contributed by atoms with Crippen LogP contribution in [0.4, 0.5) is 0 Å². The van der Waals surface area contributed by atoms with Gasteiger partial charge in [-0.3, -0.25) is 9.11 Å². The quantitative estimate of drug-likeness (QED) is 0.326. The zero-order valence-electron chi connectivity index (χ0n) is 18.2. The van der Waals surface area contributed by atoms with E-state index in [1.165, 1.54) is 48.0 Å². The number of hydrogen-bond donors (Lipinski definition) is 3. The molecule has 0 saturated carbocycles. The number of ether oxygens (including phenoxy) is 1. The van der Waals surface area contributed by atoms with Gasteiger partial charge in [-0.2, -0.15) is 16.8 Å². The molecule has 34 heavy (non-hydrogen) atoms. The first-order valence-corrected chi connectivity index (χ1v) is 13.3. The molecule has 0 bridgehead atoms. The lowest BCUT2D eigenvalue weighted by Crippen LogP contribution is -2.08. The standard InChI is InChI=1S/C24H23NO7S2/c1-16(21-7-4-6-19-14-25-15-22(19)21)32-20-12-11-18(24(13-20)34(29,30)31)10-9-17-5-2-3-8-23(17)33(26,27)28/h2-13,16,25H,14-15H2,1H3,(H,26,27,28)(H,29,30,31). The highest BCUT2D eigenvalue weighted by Crippen LogP contribution is 2.31. The number of nitrogens with one attached hydrogen (secondary N) is 1. The Morgan fingerprint density at radius 1 is 0.853 bits per heavy atom. The van der Waals surface area contributed by atoms with Gasteiger partial charge in [0.15, 0.2) is 0 Å². The predicted octanol–water partition coefficient (Wildman–Crippen LogP) is 4.09. The summed E-state index contributed by atoms with van der Waals surface area (Å²) in [6.45, 7) is 3.37. The fourth-order valence-electron chi connectivity index (χ4n) is 3.99. The van der Waals surface area contributed by atoms with Crippen LogP contribution in [-0.2, 0) is 33.3 Å². The van der Waals surface area contributed by atoms with Gasteiger partial charge in [-0.25, -0.2) is 0 Å². The number of rotatable bonds is 7. The molecule has 1 aliphatic rings. The molecular weight excluding hydrogens is 478 g/mol. The van der Waals surface area contributed by atoms with Crippen LogP contribution in [0.3, 0.4) is 0 Å². The topological polar surface area (TPSA) is 130 Å². The fourth-order valence-corrected chi connectivity index (χ4v) is 5.37. The van der Waals surface area contributed by atoms with Gasteiger partial charge in [0.2, 0.25) is 0 Å². The molecule has 10 heteroatoms. The van der Waals surface area contributed by atoms with Crippen molar-refractivity contribution in [1.29, 1.82) is 0 Å². The van der Waals surface area contributed by atoms with E-state index in [9.17, 15) is 25.9 Å². The first-order valence-electron chi connectivity index (χ1n) is 10.4. The third kappa shape index (κ3) is 5.21. The smallest absolute Gasteiger partial charge is 0.295 e. The summed E-state index contributed by atoms with van der Waals surface area (Å²) >= 11 is 0. The number of benzene rings is 3. The van der Waals surface area contributed by atoms with Gasteiger partial charge in [0.1, 0.15) is 21.6 Å². The molecule has 0 aromatic heterocycles. The average Bonchev–Trinajstić information content (AvgIpc) is 3.26. The number of hydrogen-bond acceptors (Lipinski definition) is 6. The lowest BCUT2D eigenvalue weighted by molar-refractivity contribution is 0.225. The van der Waals surface area contributed by atoms with E-state index in [0.717, 1.165) is 24.2 Å². The van der Waals surface area contributed by atoms with Crippen LogP contribution in [0.15, 0.2) is 70.5 Å². The van der Waals surface area contributed by atoms with Crippen molar-refractivity contribution in [3.05, 3.63) is 88.5 Å². The summed E-state index contributed by atoms with van der Waals surface area (Å²) in [5.41, 5.74) is 3.62. The molecule has 1 heterocycles. The second kappa shape index (κ2) is 9.32. The molecule has 0 radical (unpaired) electrons. The van der Waals surface area contributed by atoms with Crippen molar-refractivity contribution in [1.82, 2.24) is 5.32 Å². The molecule has 0 aliphatic carbocycles. The Balaban J connectivity index is 1.66. The summed E-state index contributed by atoms with van der Waals surface area (Å²) in [7, 11) is -9.09. The molecule has 3 aromatic rings. The van der Waals surface area contributed by atoms with E-state index in [1.807, 2.05) is 25.1 Å². The summed E-state index contributed by atoms with van der Waals surface area (Å²) in [4.78, 5) is -0.712. The van der Waals surface area contributed by atoms with E-state index in [4.69, 9.17) is 4.74 Å². The molecule has 3 N–H and O–H groups in total. The lowest BCUT2D eigenvalue weighted by Gasteiger charge is -2.19. The molecule has 8 nitrogen and oxygen atoms in total. The molecule has 1 unspecified atom stereocenters. The Morgan fingerprint density at radius 2 is 1.53 bits per heavy atom. The van der Waals surface area contributed by atoms with Gasteiger partial charge in [0, 0.05) is 19.2 Å². The molecule has 4 rings (SSSR count). The minimum Gasteiger partial charge on any atom is -0.486 e. The predicted molar refractivity (Wildman–Crippen MR) is 127 cm³/mol. The highest BCUT2D eigenvalue weighted by molar-refractivity contribution is 7.86. The van der Waals surface area contributed by atoms with E-state index in [2.05, 4.69) is 5.32 Å². The van der Waals surface area contributed by atoms with E-state index in [0.29, 0.717) is 0 Å². The van der Waals surface area contributed by atoms with Gasteiger partial charge in [0.05, 0.1) is 0 Å². The van der Waals surface area contributed by atoms with Crippen LogP contribution >= 0.6 is 0 Å². The highest BCUT2D eigenvalue weighted by atomic mass is 32.2. The summed E-state index contributed by atoms with van der Waals surface area (Å²) in [5.74, 6) is 0.249. The van der Waals surface area contributed by atoms with Crippen molar-refractivity contribution < 1.29 is 30.7 Å². The maximum absolute atomic E-state index is 12.1. The Hall–Kier alpha value is -3.02. The minimum atomic E-state index is -4.62. The molecule has 1 aliphatic heterocycles. The molecule has 0 fully saturated rings. The summed E-state index contributed by atoms with van der Waals surface area (Å²) in [6, 6.07) is 15.9. The molecule has 0 amide bonds. The maximum atomic E-state index is 12.1. The first kappa shape index (κ1) is 24.1. The molecule has 3 aromatic carbocycles. The largest absolute Gasteiger partial charge is 0.486 e. The van der Waals surface area contributed by atoms with Gasteiger partial charge in [0.25, 0.3) is 20.2 Å². The molecule has 1 atom stereocenters. The summed E-state index contributed by atoms with van der Waals surface area (Å²) in [5, 5.41) is 3.30. The third-order valence-electron chi connectivity index (χ3n) is 5.58. The van der Waals surface area contributed by atoms with E-state index >= 15 is 0 Å². The molecule has 0 saturated heterocycles. The monoisotopic (exact) mass is 501 g/mol. The van der Waals surface area contributed by atoms with Crippen LogP contribution in [0.1, 0.15) is 40.8 Å². The first-order chi connectivity index (χ1) is 16.0. The Bertz CT molecular complexity index is 1480. The third-order valence-corrected chi connectivity index (χ3v) is 7.42. The van der Waals surface area contributed by atoms with Gasteiger partial charge in [-0.15, -0.1) is 0 Å². The van der Waals surface area contributed by atoms with Crippen LogP contribution in [0.2, 0.25) is 0 Å². The van der Waals surface area contributed by atoms with Crippen LogP contribution < -0.4 is 10.1 Å². The van der Waals surface area contributed by atoms with Gasteiger partial charge >= 0.3 is 0 Å². The second-order valence-corrected chi connectivity index (χ2v) is 10.6. The summed E-state index contributed by atoms with van der Waals surface area (Å²) in [6.07, 6.45) is 2.32. The molecular formula is C24H23NO7S2. The van der Waals surface area contributed by atoms with Crippen LogP contribution in [0.25, 0.3) is 12.2 Å². The minimum absolute atomic E-state index is 0.123. The van der Waals surface area contributed by atoms with Crippen molar-refractivity contribution in [3.8, 4) is 5.75 Å². The van der Waals surface area contributed by atoms with E-state index in [1.54, 1.807) is 12.1 Å². The SMILES string of the molecule is CC(Oc1ccc(C=Cc2ccccc2S(=O)(=O)O)c(S(=O)(=O)O)c1)c1cccc2c1CNC2. The zero-order chi connectivity index (χ0) is 24.5. The maximum Gasteiger partial charge on any atom is 0.295 e. The van der Waals surface area contributed by atoms with Gasteiger partial charge in [-0.05, 0) is 52.9 Å². The Morgan fingerprint density at radius 3 is 2.24 bits per heavy atom. The van der Waals surface area contributed by atoms with Crippen molar-refractivity contribution in [2.24, 2.45) is 0 Å². The second-order valence-electron chi connectivity index (χ2n) is 7.87. The van der Waals surface area contributed by atoms with Gasteiger partial charge in [-0.1, -0.05) is 48.6 Å². The van der Waals surface area contributed by atoms with Crippen molar-refractivity contribution >= 4 is 32.4 Å². The fraction of sp³-hybridized carbons (Fsp3) is 0.167.